The molecule has 1 aromatic rings. The van der Waals surface area contributed by atoms with E-state index in [4.69, 9.17) is 0 Å². The zero-order valence-electron chi connectivity index (χ0n) is 6.42. The van der Waals surface area contributed by atoms with Gasteiger partial charge in [-0.25, -0.2) is 0 Å². The molecular formula is C6H4F3N2O2-. The standard InChI is InChI=1S/C6H5F3N2O2/c1-11-4(6(7,8)9)3(2-10-11)5(12)13/h2H,1H3,(H,12,13)/p-1. The predicted molar refractivity (Wildman–Crippen MR) is 32.5 cm³/mol. The van der Waals surface area contributed by atoms with Gasteiger partial charge in [-0.2, -0.15) is 18.3 Å². The minimum absolute atomic E-state index is 0.450. The molecule has 0 radical (unpaired) electrons. The Balaban J connectivity index is 3.33. The van der Waals surface area contributed by atoms with E-state index in [2.05, 4.69) is 5.10 Å². The Morgan fingerprint density at radius 1 is 1.62 bits per heavy atom. The van der Waals surface area contributed by atoms with Crippen LogP contribution < -0.4 is 5.11 Å². The molecule has 0 aliphatic rings. The first kappa shape index (κ1) is 9.56. The molecule has 0 aliphatic heterocycles. The van der Waals surface area contributed by atoms with Crippen LogP contribution in [0.1, 0.15) is 16.1 Å². The largest absolute Gasteiger partial charge is 0.545 e. The van der Waals surface area contributed by atoms with Crippen LogP contribution in [-0.4, -0.2) is 15.7 Å². The average Bonchev–Trinajstić information content (AvgIpc) is 2.28. The van der Waals surface area contributed by atoms with Crippen LogP contribution in [0.15, 0.2) is 6.20 Å². The lowest BCUT2D eigenvalue weighted by atomic mass is 10.2. The maximum Gasteiger partial charge on any atom is 0.433 e. The maximum absolute atomic E-state index is 12.2. The number of carbonyl (C=O) groups is 1. The highest BCUT2D eigenvalue weighted by atomic mass is 19.4. The first-order valence-electron chi connectivity index (χ1n) is 3.14. The number of aromatic carboxylic acids is 1. The number of carboxylic acid groups (broad SMARTS) is 1. The highest BCUT2D eigenvalue weighted by molar-refractivity contribution is 5.87. The van der Waals surface area contributed by atoms with E-state index in [0.29, 0.717) is 10.9 Å². The topological polar surface area (TPSA) is 58.0 Å². The van der Waals surface area contributed by atoms with Gasteiger partial charge < -0.3 is 9.90 Å². The minimum Gasteiger partial charge on any atom is -0.545 e. The molecule has 0 N–H and O–H groups in total. The SMILES string of the molecule is Cn1ncc(C(=O)[O-])c1C(F)(F)F. The average molecular weight is 193 g/mol. The number of aryl methyl sites for hydroxylation is 1. The highest BCUT2D eigenvalue weighted by Crippen LogP contribution is 2.30. The summed E-state index contributed by atoms with van der Waals surface area (Å²) in [6.45, 7) is 0. The Labute approximate surface area is 70.6 Å². The van der Waals surface area contributed by atoms with E-state index >= 15 is 0 Å². The van der Waals surface area contributed by atoms with E-state index in [0.717, 1.165) is 7.05 Å². The molecule has 0 bridgehead atoms. The van der Waals surface area contributed by atoms with Crippen molar-refractivity contribution in [1.29, 1.82) is 0 Å². The summed E-state index contributed by atoms with van der Waals surface area (Å²) in [6.07, 6.45) is -4.13. The number of hydrogen-bond acceptors (Lipinski definition) is 3. The summed E-state index contributed by atoms with van der Waals surface area (Å²) < 4.78 is 36.9. The molecule has 13 heavy (non-hydrogen) atoms. The van der Waals surface area contributed by atoms with E-state index in [1.54, 1.807) is 0 Å². The zero-order chi connectivity index (χ0) is 10.2. The molecule has 4 nitrogen and oxygen atoms in total. The number of carbonyl (C=O) groups excluding carboxylic acids is 1. The first-order valence-corrected chi connectivity index (χ1v) is 3.14. The van der Waals surface area contributed by atoms with E-state index in [1.807, 2.05) is 0 Å². The number of alkyl halides is 3. The molecule has 0 atom stereocenters. The van der Waals surface area contributed by atoms with Crippen molar-refractivity contribution in [3.8, 4) is 0 Å². The molecule has 0 aliphatic carbocycles. The summed E-state index contributed by atoms with van der Waals surface area (Å²) in [5.74, 6) is -1.89. The number of aromatic nitrogens is 2. The lowest BCUT2D eigenvalue weighted by Gasteiger charge is -2.09. The third-order valence-corrected chi connectivity index (χ3v) is 1.43. The summed E-state index contributed by atoms with van der Waals surface area (Å²) in [5, 5.41) is 13.4. The Hall–Kier alpha value is -1.53. The molecule has 72 valence electrons. The smallest absolute Gasteiger partial charge is 0.433 e. The van der Waals surface area contributed by atoms with Gasteiger partial charge in [0.1, 0.15) is 0 Å². The fraction of sp³-hybridized carbons (Fsp3) is 0.333. The minimum atomic E-state index is -4.74. The van der Waals surface area contributed by atoms with Crippen molar-refractivity contribution in [3.63, 3.8) is 0 Å². The first-order chi connectivity index (χ1) is 5.84. The lowest BCUT2D eigenvalue weighted by molar-refractivity contribution is -0.255. The summed E-state index contributed by atoms with van der Waals surface area (Å²) in [5.41, 5.74) is -2.26. The van der Waals surface area contributed by atoms with Crippen molar-refractivity contribution in [1.82, 2.24) is 9.78 Å². The van der Waals surface area contributed by atoms with Crippen LogP contribution in [0, 0.1) is 0 Å². The Kier molecular flexibility index (Phi) is 2.02. The third kappa shape index (κ3) is 1.63. The Bertz CT molecular complexity index is 342. The summed E-state index contributed by atoms with van der Waals surface area (Å²) >= 11 is 0. The molecule has 7 heteroatoms. The number of rotatable bonds is 1. The summed E-state index contributed by atoms with van der Waals surface area (Å²) in [6, 6.07) is 0. The molecule has 1 rings (SSSR count). The molecule has 0 aromatic carbocycles. The fourth-order valence-corrected chi connectivity index (χ4v) is 0.923. The predicted octanol–water partition coefficient (Wildman–Crippen LogP) is -0.198. The summed E-state index contributed by atoms with van der Waals surface area (Å²) in [4.78, 5) is 10.2. The molecule has 0 amide bonds. The Morgan fingerprint density at radius 3 is 2.46 bits per heavy atom. The molecule has 1 aromatic heterocycles. The van der Waals surface area contributed by atoms with Crippen LogP contribution in [0.25, 0.3) is 0 Å². The second-order valence-corrected chi connectivity index (χ2v) is 2.32. The molecule has 1 heterocycles. The van der Waals surface area contributed by atoms with E-state index in [9.17, 15) is 23.1 Å². The van der Waals surface area contributed by atoms with Gasteiger partial charge in [-0.15, -0.1) is 0 Å². The van der Waals surface area contributed by atoms with Gasteiger partial charge in [-0.1, -0.05) is 0 Å². The van der Waals surface area contributed by atoms with E-state index in [-0.39, 0.29) is 0 Å². The normalized spacial score (nSPS) is 11.7. The van der Waals surface area contributed by atoms with Gasteiger partial charge in [0.05, 0.1) is 12.2 Å². The second-order valence-electron chi connectivity index (χ2n) is 2.32. The third-order valence-electron chi connectivity index (χ3n) is 1.43. The quantitative estimate of drug-likeness (QED) is 0.620. The maximum atomic E-state index is 12.2. The van der Waals surface area contributed by atoms with E-state index < -0.39 is 23.4 Å². The number of carboxylic acids is 1. The van der Waals surface area contributed by atoms with Crippen molar-refractivity contribution in [2.45, 2.75) is 6.18 Å². The summed E-state index contributed by atoms with van der Waals surface area (Å²) in [7, 11) is 1.01. The van der Waals surface area contributed by atoms with Crippen LogP contribution in [0.2, 0.25) is 0 Å². The lowest BCUT2D eigenvalue weighted by Crippen LogP contribution is -2.26. The molecule has 0 fully saturated rings. The van der Waals surface area contributed by atoms with Crippen molar-refractivity contribution in [2.75, 3.05) is 0 Å². The van der Waals surface area contributed by atoms with Crippen molar-refractivity contribution < 1.29 is 23.1 Å². The van der Waals surface area contributed by atoms with Crippen LogP contribution in [0.3, 0.4) is 0 Å². The van der Waals surface area contributed by atoms with Crippen LogP contribution >= 0.6 is 0 Å². The van der Waals surface area contributed by atoms with Crippen LogP contribution in [-0.2, 0) is 13.2 Å². The molecule has 0 unspecified atom stereocenters. The molecule has 0 spiro atoms. The van der Waals surface area contributed by atoms with Gasteiger partial charge in [-0.05, 0) is 0 Å². The van der Waals surface area contributed by atoms with Gasteiger partial charge in [0.25, 0.3) is 0 Å². The monoisotopic (exact) mass is 193 g/mol. The van der Waals surface area contributed by atoms with Crippen LogP contribution in [0.4, 0.5) is 13.2 Å². The van der Waals surface area contributed by atoms with Crippen molar-refractivity contribution >= 4 is 5.97 Å². The molecule has 0 saturated heterocycles. The van der Waals surface area contributed by atoms with Gasteiger partial charge in [-0.3, -0.25) is 4.68 Å². The Morgan fingerprint density at radius 2 is 2.15 bits per heavy atom. The fourth-order valence-electron chi connectivity index (χ4n) is 0.923. The van der Waals surface area contributed by atoms with Crippen molar-refractivity contribution in [2.24, 2.45) is 7.05 Å². The number of halogens is 3. The second kappa shape index (κ2) is 2.75. The molecule has 0 saturated carbocycles. The molecular weight excluding hydrogens is 189 g/mol. The van der Waals surface area contributed by atoms with Crippen LogP contribution in [0.5, 0.6) is 0 Å². The zero-order valence-corrected chi connectivity index (χ0v) is 6.42. The van der Waals surface area contributed by atoms with Gasteiger partial charge in [0.15, 0.2) is 5.69 Å². The number of nitrogens with zero attached hydrogens (tertiary/aromatic N) is 2. The van der Waals surface area contributed by atoms with Gasteiger partial charge in [0.2, 0.25) is 0 Å². The number of hydrogen-bond donors (Lipinski definition) is 0. The van der Waals surface area contributed by atoms with Gasteiger partial charge >= 0.3 is 6.18 Å². The van der Waals surface area contributed by atoms with Crippen molar-refractivity contribution in [3.05, 3.63) is 17.5 Å². The van der Waals surface area contributed by atoms with Gasteiger partial charge in [0, 0.05) is 12.6 Å². The highest BCUT2D eigenvalue weighted by Gasteiger charge is 2.37. The van der Waals surface area contributed by atoms with E-state index in [1.165, 1.54) is 0 Å².